The highest BCUT2D eigenvalue weighted by Gasteiger charge is 2.24. The molecule has 4 rings (SSSR count). The Bertz CT molecular complexity index is 979. The molecule has 2 nitrogen and oxygen atoms in total. The minimum absolute atomic E-state index is 0.162. The molecule has 2 aliphatic carbocycles. The minimum Gasteiger partial charge on any atom is -0.493 e. The number of rotatable bonds is 7. The Morgan fingerprint density at radius 1 is 0.639 bits per heavy atom. The fourth-order valence-electron chi connectivity index (χ4n) is 5.97. The van der Waals surface area contributed by atoms with Gasteiger partial charge in [0.1, 0.15) is 17.1 Å². The van der Waals surface area contributed by atoms with E-state index in [0.29, 0.717) is 11.8 Å². The van der Waals surface area contributed by atoms with Crippen LogP contribution in [0, 0.1) is 5.41 Å². The van der Waals surface area contributed by atoms with Crippen molar-refractivity contribution in [1.29, 1.82) is 0 Å². The number of ether oxygens (including phenoxy) is 2. The lowest BCUT2D eigenvalue weighted by molar-refractivity contribution is 0.128. The molecule has 0 amide bonds. The predicted octanol–water partition coefficient (Wildman–Crippen LogP) is 9.97. The largest absolute Gasteiger partial charge is 0.493 e. The van der Waals surface area contributed by atoms with E-state index in [1.54, 1.807) is 0 Å². The summed E-state index contributed by atoms with van der Waals surface area (Å²) in [6, 6.07) is 14.0. The van der Waals surface area contributed by atoms with Gasteiger partial charge in [-0.1, -0.05) is 83.6 Å². The van der Waals surface area contributed by atoms with E-state index in [2.05, 4.69) is 77.9 Å². The monoisotopic (exact) mass is 490 g/mol. The van der Waals surface area contributed by atoms with Crippen LogP contribution in [0.2, 0.25) is 0 Å². The van der Waals surface area contributed by atoms with E-state index in [1.165, 1.54) is 86.5 Å². The van der Waals surface area contributed by atoms with Crippen LogP contribution in [0.4, 0.5) is 0 Å². The van der Waals surface area contributed by atoms with E-state index >= 15 is 0 Å². The predicted molar refractivity (Wildman–Crippen MR) is 153 cm³/mol. The van der Waals surface area contributed by atoms with Crippen molar-refractivity contribution in [2.45, 2.75) is 130 Å². The summed E-state index contributed by atoms with van der Waals surface area (Å²) in [6.45, 7) is 14.0. The molecular formula is C34H50O2. The highest BCUT2D eigenvalue weighted by Crippen LogP contribution is 2.41. The molecule has 0 heterocycles. The normalized spacial score (nSPS) is 18.3. The first-order chi connectivity index (χ1) is 17.1. The van der Waals surface area contributed by atoms with E-state index < -0.39 is 0 Å². The molecule has 0 N–H and O–H groups in total. The molecule has 0 spiro atoms. The topological polar surface area (TPSA) is 18.5 Å². The van der Waals surface area contributed by atoms with Gasteiger partial charge < -0.3 is 9.47 Å². The maximum absolute atomic E-state index is 6.44. The van der Waals surface area contributed by atoms with Gasteiger partial charge >= 0.3 is 0 Å². The van der Waals surface area contributed by atoms with Crippen molar-refractivity contribution >= 4 is 0 Å². The average molecular weight is 491 g/mol. The molecule has 0 unspecified atom stereocenters. The van der Waals surface area contributed by atoms with Crippen molar-refractivity contribution < 1.29 is 9.47 Å². The van der Waals surface area contributed by atoms with E-state index in [4.69, 9.17) is 9.47 Å². The molecule has 2 fully saturated rings. The van der Waals surface area contributed by atoms with Crippen LogP contribution < -0.4 is 9.47 Å². The molecule has 198 valence electrons. The number of hydrogen-bond acceptors (Lipinski definition) is 2. The zero-order chi connectivity index (χ0) is 25.8. The highest BCUT2D eigenvalue weighted by molar-refractivity contribution is 5.45. The second kappa shape index (κ2) is 11.6. The summed E-state index contributed by atoms with van der Waals surface area (Å²) < 4.78 is 12.8. The van der Waals surface area contributed by atoms with Crippen LogP contribution in [-0.2, 0) is 6.42 Å². The van der Waals surface area contributed by atoms with Gasteiger partial charge in [0.05, 0.1) is 6.61 Å². The molecule has 0 aliphatic heterocycles. The Balaban J connectivity index is 1.61. The number of benzene rings is 2. The van der Waals surface area contributed by atoms with Crippen molar-refractivity contribution in [2.75, 3.05) is 6.61 Å². The van der Waals surface area contributed by atoms with Crippen LogP contribution in [-0.4, -0.2) is 12.2 Å². The first-order valence-electron chi connectivity index (χ1n) is 14.6. The zero-order valence-electron chi connectivity index (χ0n) is 23.9. The minimum atomic E-state index is -0.178. The van der Waals surface area contributed by atoms with Crippen LogP contribution >= 0.6 is 0 Å². The van der Waals surface area contributed by atoms with Crippen LogP contribution in [0.3, 0.4) is 0 Å². The summed E-state index contributed by atoms with van der Waals surface area (Å²) in [5.74, 6) is 3.46. The average Bonchev–Trinajstić information content (AvgIpc) is 2.84. The van der Waals surface area contributed by atoms with Gasteiger partial charge in [0.25, 0.3) is 0 Å². The highest BCUT2D eigenvalue weighted by atomic mass is 16.5. The lowest BCUT2D eigenvalue weighted by atomic mass is 9.82. The molecule has 0 atom stereocenters. The summed E-state index contributed by atoms with van der Waals surface area (Å²) in [7, 11) is 0. The Hall–Kier alpha value is -1.96. The Morgan fingerprint density at radius 2 is 1.11 bits per heavy atom. The van der Waals surface area contributed by atoms with E-state index in [0.717, 1.165) is 24.5 Å². The summed E-state index contributed by atoms with van der Waals surface area (Å²) in [5, 5.41) is 0. The third-order valence-electron chi connectivity index (χ3n) is 7.72. The molecule has 2 aromatic carbocycles. The molecule has 2 heteroatoms. The maximum Gasteiger partial charge on any atom is 0.123 e. The smallest absolute Gasteiger partial charge is 0.123 e. The third kappa shape index (κ3) is 7.77. The third-order valence-corrected chi connectivity index (χ3v) is 7.72. The van der Waals surface area contributed by atoms with Crippen molar-refractivity contribution in [1.82, 2.24) is 0 Å². The first-order valence-corrected chi connectivity index (χ1v) is 14.6. The van der Waals surface area contributed by atoms with Gasteiger partial charge in [-0.2, -0.15) is 0 Å². The van der Waals surface area contributed by atoms with Crippen LogP contribution in [0.5, 0.6) is 11.5 Å². The SMILES string of the molecule is CC(C)(C)COc1ccc(Cc2ccc(OC(C)(C)C)c(C3CCCCC3)c2)cc1C1CCCCC1. The molecule has 0 bridgehead atoms. The summed E-state index contributed by atoms with van der Waals surface area (Å²) in [5.41, 5.74) is 5.65. The second-order valence-electron chi connectivity index (χ2n) is 13.7. The lowest BCUT2D eigenvalue weighted by Gasteiger charge is -2.29. The van der Waals surface area contributed by atoms with Gasteiger partial charge in [-0.15, -0.1) is 0 Å². The Kier molecular flexibility index (Phi) is 8.74. The van der Waals surface area contributed by atoms with Crippen molar-refractivity contribution in [3.8, 4) is 11.5 Å². The summed E-state index contributed by atoms with van der Waals surface area (Å²) in [6.07, 6.45) is 14.2. The van der Waals surface area contributed by atoms with Gasteiger partial charge in [0.2, 0.25) is 0 Å². The van der Waals surface area contributed by atoms with Gasteiger partial charge in [-0.05, 0) is 105 Å². The quantitative estimate of drug-likeness (QED) is 0.384. The molecular weight excluding hydrogens is 440 g/mol. The van der Waals surface area contributed by atoms with E-state index in [-0.39, 0.29) is 11.0 Å². The fourth-order valence-corrected chi connectivity index (χ4v) is 5.97. The number of hydrogen-bond donors (Lipinski definition) is 0. The lowest BCUT2D eigenvalue weighted by Crippen LogP contribution is -2.24. The van der Waals surface area contributed by atoms with Crippen molar-refractivity contribution in [3.05, 3.63) is 58.7 Å². The van der Waals surface area contributed by atoms with Gasteiger partial charge in [-0.25, -0.2) is 0 Å². The Morgan fingerprint density at radius 3 is 1.58 bits per heavy atom. The van der Waals surface area contributed by atoms with Crippen molar-refractivity contribution in [3.63, 3.8) is 0 Å². The second-order valence-corrected chi connectivity index (χ2v) is 13.7. The molecule has 0 aromatic heterocycles. The van der Waals surface area contributed by atoms with Gasteiger partial charge in [0, 0.05) is 0 Å². The zero-order valence-corrected chi connectivity index (χ0v) is 23.9. The fraction of sp³-hybridized carbons (Fsp3) is 0.647. The molecule has 0 radical (unpaired) electrons. The van der Waals surface area contributed by atoms with Gasteiger partial charge in [-0.3, -0.25) is 0 Å². The van der Waals surface area contributed by atoms with Crippen LogP contribution in [0.25, 0.3) is 0 Å². The van der Waals surface area contributed by atoms with Crippen LogP contribution in [0.1, 0.15) is 140 Å². The summed E-state index contributed by atoms with van der Waals surface area (Å²) in [4.78, 5) is 0. The molecule has 36 heavy (non-hydrogen) atoms. The van der Waals surface area contributed by atoms with E-state index in [1.807, 2.05) is 0 Å². The molecule has 0 saturated heterocycles. The maximum atomic E-state index is 6.44. The summed E-state index contributed by atoms with van der Waals surface area (Å²) >= 11 is 0. The molecule has 2 aromatic rings. The van der Waals surface area contributed by atoms with Crippen molar-refractivity contribution in [2.24, 2.45) is 5.41 Å². The van der Waals surface area contributed by atoms with Gasteiger partial charge in [0.15, 0.2) is 0 Å². The van der Waals surface area contributed by atoms with E-state index in [9.17, 15) is 0 Å². The first kappa shape index (κ1) is 27.1. The van der Waals surface area contributed by atoms with Crippen LogP contribution in [0.15, 0.2) is 36.4 Å². The Labute approximate surface area is 221 Å². The molecule has 2 saturated carbocycles. The standard InChI is InChI=1S/C34H50O2/c1-33(2,3)24-35-31-19-17-25(22-29(31)27-13-9-7-10-14-27)21-26-18-20-32(36-34(4,5)6)30(23-26)28-15-11-8-12-16-28/h17-20,22-23,27-28H,7-16,21,24H2,1-6H3. The molecule has 2 aliphatic rings.